The second-order valence-corrected chi connectivity index (χ2v) is 5.23. The third-order valence-electron chi connectivity index (χ3n) is 3.90. The molecule has 0 aromatic carbocycles. The molecule has 1 aromatic heterocycles. The zero-order valence-electron chi connectivity index (χ0n) is 9.79. The Kier molecular flexibility index (Phi) is 3.93. The number of halogens is 1. The predicted molar refractivity (Wildman–Crippen MR) is 66.4 cm³/mol. The highest BCUT2D eigenvalue weighted by Crippen LogP contribution is 2.37. The largest absolute Gasteiger partial charge is 0.448 e. The summed E-state index contributed by atoms with van der Waals surface area (Å²) in [4.78, 5) is 0. The molecular formula is C13H20ClNO. The van der Waals surface area contributed by atoms with E-state index in [-0.39, 0.29) is 6.04 Å². The van der Waals surface area contributed by atoms with Crippen LogP contribution in [0.3, 0.4) is 0 Å². The standard InChI is InChI=1S/C13H20ClNO/c1-2-9-3-5-10(6-4-9)13(15)11-7-8-12(14)16-11/h7-10,13H,2-6,15H2,1H3. The molecule has 0 aliphatic heterocycles. The predicted octanol–water partition coefficient (Wildman–Crippen LogP) is 4.15. The van der Waals surface area contributed by atoms with E-state index in [0.29, 0.717) is 11.1 Å². The lowest BCUT2D eigenvalue weighted by Crippen LogP contribution is -2.25. The fourth-order valence-corrected chi connectivity index (χ4v) is 2.85. The van der Waals surface area contributed by atoms with Crippen molar-refractivity contribution in [1.82, 2.24) is 0 Å². The summed E-state index contributed by atoms with van der Waals surface area (Å²) >= 11 is 5.77. The van der Waals surface area contributed by atoms with Crippen LogP contribution in [0.15, 0.2) is 16.5 Å². The summed E-state index contributed by atoms with van der Waals surface area (Å²) in [6.45, 7) is 2.28. The Bertz CT molecular complexity index is 328. The van der Waals surface area contributed by atoms with Crippen LogP contribution in [-0.4, -0.2) is 0 Å². The minimum atomic E-state index is 0.0188. The van der Waals surface area contributed by atoms with Crippen molar-refractivity contribution >= 4 is 11.6 Å². The average Bonchev–Trinajstić information content (AvgIpc) is 2.75. The van der Waals surface area contributed by atoms with Crippen LogP contribution in [0.2, 0.25) is 5.22 Å². The van der Waals surface area contributed by atoms with E-state index in [4.69, 9.17) is 21.8 Å². The van der Waals surface area contributed by atoms with Gasteiger partial charge >= 0.3 is 0 Å². The van der Waals surface area contributed by atoms with Gasteiger partial charge in [-0.3, -0.25) is 0 Å². The average molecular weight is 242 g/mol. The minimum absolute atomic E-state index is 0.0188. The second kappa shape index (κ2) is 5.24. The van der Waals surface area contributed by atoms with Gasteiger partial charge in [-0.2, -0.15) is 0 Å². The number of rotatable bonds is 3. The molecule has 0 spiro atoms. The van der Waals surface area contributed by atoms with Crippen molar-refractivity contribution in [1.29, 1.82) is 0 Å². The van der Waals surface area contributed by atoms with Crippen LogP contribution in [0.25, 0.3) is 0 Å². The van der Waals surface area contributed by atoms with Gasteiger partial charge < -0.3 is 10.2 Å². The Morgan fingerprint density at radius 3 is 2.56 bits per heavy atom. The Balaban J connectivity index is 1.93. The van der Waals surface area contributed by atoms with E-state index in [1.165, 1.54) is 32.1 Å². The van der Waals surface area contributed by atoms with Gasteiger partial charge in [-0.05, 0) is 48.4 Å². The van der Waals surface area contributed by atoms with Gasteiger partial charge in [0.1, 0.15) is 5.76 Å². The highest BCUT2D eigenvalue weighted by atomic mass is 35.5. The molecule has 1 aliphatic carbocycles. The van der Waals surface area contributed by atoms with E-state index >= 15 is 0 Å². The lowest BCUT2D eigenvalue weighted by atomic mass is 9.77. The Morgan fingerprint density at radius 2 is 2.06 bits per heavy atom. The van der Waals surface area contributed by atoms with Crippen LogP contribution < -0.4 is 5.73 Å². The third kappa shape index (κ3) is 2.61. The topological polar surface area (TPSA) is 39.2 Å². The maximum Gasteiger partial charge on any atom is 0.193 e. The lowest BCUT2D eigenvalue weighted by molar-refractivity contribution is 0.226. The van der Waals surface area contributed by atoms with Crippen molar-refractivity contribution in [3.63, 3.8) is 0 Å². The van der Waals surface area contributed by atoms with E-state index in [1.54, 1.807) is 6.07 Å². The Morgan fingerprint density at radius 1 is 1.38 bits per heavy atom. The first-order chi connectivity index (χ1) is 7.70. The highest BCUT2D eigenvalue weighted by molar-refractivity contribution is 6.28. The maximum absolute atomic E-state index is 6.22. The normalized spacial score (nSPS) is 27.9. The van der Waals surface area contributed by atoms with Crippen LogP contribution in [0, 0.1) is 11.8 Å². The summed E-state index contributed by atoms with van der Waals surface area (Å²) in [6, 6.07) is 3.69. The molecule has 1 fully saturated rings. The van der Waals surface area contributed by atoms with Gasteiger partial charge in [0.2, 0.25) is 0 Å². The van der Waals surface area contributed by atoms with Gasteiger partial charge in [0.15, 0.2) is 5.22 Å². The number of hydrogen-bond acceptors (Lipinski definition) is 2. The van der Waals surface area contributed by atoms with Crippen molar-refractivity contribution in [3.05, 3.63) is 23.1 Å². The fourth-order valence-electron chi connectivity index (χ4n) is 2.70. The summed E-state index contributed by atoms with van der Waals surface area (Å²) in [7, 11) is 0. The van der Waals surface area contributed by atoms with Crippen LogP contribution in [0.1, 0.15) is 50.8 Å². The summed E-state index contributed by atoms with van der Waals surface area (Å²) in [5, 5.41) is 0.438. The summed E-state index contributed by atoms with van der Waals surface area (Å²) in [5.41, 5.74) is 6.22. The molecule has 1 aromatic rings. The van der Waals surface area contributed by atoms with Gasteiger partial charge in [0.05, 0.1) is 6.04 Å². The van der Waals surface area contributed by atoms with Gasteiger partial charge in [-0.25, -0.2) is 0 Å². The number of furan rings is 1. The Labute approximate surface area is 102 Å². The molecule has 0 amide bonds. The van der Waals surface area contributed by atoms with Crippen molar-refractivity contribution in [2.75, 3.05) is 0 Å². The molecule has 1 atom stereocenters. The van der Waals surface area contributed by atoms with Crippen LogP contribution in [0.5, 0.6) is 0 Å². The molecule has 2 rings (SSSR count). The van der Waals surface area contributed by atoms with Gasteiger partial charge in [-0.1, -0.05) is 26.2 Å². The maximum atomic E-state index is 6.22. The van der Waals surface area contributed by atoms with Gasteiger partial charge in [0, 0.05) is 0 Å². The fraction of sp³-hybridized carbons (Fsp3) is 0.692. The van der Waals surface area contributed by atoms with Gasteiger partial charge in [0.25, 0.3) is 0 Å². The molecule has 0 radical (unpaired) electrons. The molecule has 2 nitrogen and oxygen atoms in total. The molecule has 1 unspecified atom stereocenters. The summed E-state index contributed by atoms with van der Waals surface area (Å²) < 4.78 is 5.39. The first-order valence-electron chi connectivity index (χ1n) is 6.21. The van der Waals surface area contributed by atoms with Crippen LogP contribution in [0.4, 0.5) is 0 Å². The molecule has 1 heterocycles. The SMILES string of the molecule is CCC1CCC(C(N)c2ccc(Cl)o2)CC1. The van der Waals surface area contributed by atoms with E-state index in [0.717, 1.165) is 11.7 Å². The van der Waals surface area contributed by atoms with E-state index in [2.05, 4.69) is 6.92 Å². The zero-order valence-corrected chi connectivity index (χ0v) is 10.5. The molecule has 16 heavy (non-hydrogen) atoms. The first kappa shape index (κ1) is 12.0. The van der Waals surface area contributed by atoms with E-state index < -0.39 is 0 Å². The smallest absolute Gasteiger partial charge is 0.193 e. The Hall–Kier alpha value is -0.470. The van der Waals surface area contributed by atoms with Crippen LogP contribution >= 0.6 is 11.6 Å². The number of nitrogens with two attached hydrogens (primary N) is 1. The third-order valence-corrected chi connectivity index (χ3v) is 4.10. The van der Waals surface area contributed by atoms with E-state index in [1.807, 2.05) is 6.07 Å². The molecule has 0 bridgehead atoms. The highest BCUT2D eigenvalue weighted by Gasteiger charge is 2.27. The molecule has 1 aliphatic rings. The summed E-state index contributed by atoms with van der Waals surface area (Å²) in [5.74, 6) is 2.30. The molecular weight excluding hydrogens is 222 g/mol. The quantitative estimate of drug-likeness (QED) is 0.864. The van der Waals surface area contributed by atoms with Crippen molar-refractivity contribution < 1.29 is 4.42 Å². The molecule has 90 valence electrons. The van der Waals surface area contributed by atoms with Crippen LogP contribution in [-0.2, 0) is 0 Å². The molecule has 0 saturated heterocycles. The molecule has 1 saturated carbocycles. The van der Waals surface area contributed by atoms with E-state index in [9.17, 15) is 0 Å². The van der Waals surface area contributed by atoms with Crippen molar-refractivity contribution in [2.24, 2.45) is 17.6 Å². The first-order valence-corrected chi connectivity index (χ1v) is 6.59. The molecule has 3 heteroatoms. The molecule has 2 N–H and O–H groups in total. The monoisotopic (exact) mass is 241 g/mol. The summed E-state index contributed by atoms with van der Waals surface area (Å²) in [6.07, 6.45) is 6.36. The van der Waals surface area contributed by atoms with Gasteiger partial charge in [-0.15, -0.1) is 0 Å². The van der Waals surface area contributed by atoms with Crippen molar-refractivity contribution in [2.45, 2.75) is 45.1 Å². The van der Waals surface area contributed by atoms with Crippen molar-refractivity contribution in [3.8, 4) is 0 Å². The second-order valence-electron chi connectivity index (χ2n) is 4.86. The lowest BCUT2D eigenvalue weighted by Gasteiger charge is -2.30. The minimum Gasteiger partial charge on any atom is -0.448 e. The number of hydrogen-bond donors (Lipinski definition) is 1. The zero-order chi connectivity index (χ0) is 11.5.